The molecule has 2 heteroatoms. The van der Waals surface area contributed by atoms with E-state index in [0.29, 0.717) is 17.5 Å². The average molecular weight is 239 g/mol. The molecule has 1 aromatic heterocycles. The highest BCUT2D eigenvalue weighted by molar-refractivity contribution is 7.12. The molecular formula is C14H25NS. The maximum absolute atomic E-state index is 3.70. The van der Waals surface area contributed by atoms with Crippen molar-refractivity contribution in [1.82, 2.24) is 5.32 Å². The minimum Gasteiger partial charge on any atom is -0.307 e. The minimum absolute atomic E-state index is 0.313. The van der Waals surface area contributed by atoms with Crippen LogP contribution in [0.1, 0.15) is 56.0 Å². The second kappa shape index (κ2) is 4.89. The number of nitrogens with one attached hydrogen (secondary N) is 1. The Hall–Kier alpha value is -0.340. The molecule has 16 heavy (non-hydrogen) atoms. The van der Waals surface area contributed by atoms with Crippen molar-refractivity contribution in [2.75, 3.05) is 0 Å². The van der Waals surface area contributed by atoms with Crippen LogP contribution >= 0.6 is 11.3 Å². The Morgan fingerprint density at radius 1 is 1.19 bits per heavy atom. The molecular weight excluding hydrogens is 214 g/mol. The first-order valence-corrected chi connectivity index (χ1v) is 6.86. The molecule has 1 heterocycles. The number of thiophene rings is 1. The van der Waals surface area contributed by atoms with Crippen molar-refractivity contribution >= 4 is 11.3 Å². The number of aryl methyl sites for hydroxylation is 2. The van der Waals surface area contributed by atoms with E-state index in [1.54, 1.807) is 0 Å². The summed E-state index contributed by atoms with van der Waals surface area (Å²) in [5, 5.41) is 3.70. The first kappa shape index (κ1) is 13.7. The van der Waals surface area contributed by atoms with E-state index in [1.807, 2.05) is 11.3 Å². The topological polar surface area (TPSA) is 12.0 Å². The summed E-state index contributed by atoms with van der Waals surface area (Å²) in [5.74, 6) is 0. The lowest BCUT2D eigenvalue weighted by molar-refractivity contribution is 0.268. The van der Waals surface area contributed by atoms with Gasteiger partial charge in [-0.3, -0.25) is 0 Å². The van der Waals surface area contributed by atoms with Crippen LogP contribution in [0.2, 0.25) is 0 Å². The Kier molecular flexibility index (Phi) is 4.19. The molecule has 0 saturated heterocycles. The molecule has 1 aromatic rings. The van der Waals surface area contributed by atoms with Gasteiger partial charge >= 0.3 is 0 Å². The maximum Gasteiger partial charge on any atom is 0.0305 e. The van der Waals surface area contributed by atoms with Gasteiger partial charge in [0.15, 0.2) is 0 Å². The molecule has 1 rings (SSSR count). The Bertz CT molecular complexity index is 346. The standard InChI is InChI=1S/C14H25NS/c1-9-8-13(11(3)16-9)10(2)15-12(4)14(5,6)7/h8,10,12,15H,1-7H3. The van der Waals surface area contributed by atoms with Crippen LogP contribution in [0.4, 0.5) is 0 Å². The second-order valence-electron chi connectivity index (χ2n) is 5.84. The number of hydrogen-bond acceptors (Lipinski definition) is 2. The predicted molar refractivity (Wildman–Crippen MR) is 74.3 cm³/mol. The van der Waals surface area contributed by atoms with Crippen molar-refractivity contribution < 1.29 is 0 Å². The fourth-order valence-electron chi connectivity index (χ4n) is 1.80. The molecule has 0 saturated carbocycles. The van der Waals surface area contributed by atoms with E-state index in [1.165, 1.54) is 15.3 Å². The summed E-state index contributed by atoms with van der Waals surface area (Å²) in [7, 11) is 0. The van der Waals surface area contributed by atoms with Gasteiger partial charge in [0.1, 0.15) is 0 Å². The average Bonchev–Trinajstić information content (AvgIpc) is 2.43. The molecule has 1 N–H and O–H groups in total. The molecule has 0 amide bonds. The zero-order valence-corrected chi connectivity index (χ0v) is 12.5. The smallest absolute Gasteiger partial charge is 0.0305 e. The highest BCUT2D eigenvalue weighted by atomic mass is 32.1. The van der Waals surface area contributed by atoms with Gasteiger partial charge in [-0.05, 0) is 44.7 Å². The quantitative estimate of drug-likeness (QED) is 0.821. The number of rotatable bonds is 3. The molecule has 0 aromatic carbocycles. The molecule has 0 radical (unpaired) electrons. The molecule has 1 nitrogen and oxygen atoms in total. The summed E-state index contributed by atoms with van der Waals surface area (Å²) < 4.78 is 0. The Morgan fingerprint density at radius 2 is 1.75 bits per heavy atom. The highest BCUT2D eigenvalue weighted by Crippen LogP contribution is 2.28. The van der Waals surface area contributed by atoms with Gasteiger partial charge in [-0.1, -0.05) is 20.8 Å². The van der Waals surface area contributed by atoms with Crippen LogP contribution in [0, 0.1) is 19.3 Å². The van der Waals surface area contributed by atoms with Gasteiger partial charge in [0.05, 0.1) is 0 Å². The van der Waals surface area contributed by atoms with E-state index in [9.17, 15) is 0 Å². The van der Waals surface area contributed by atoms with E-state index in [4.69, 9.17) is 0 Å². The summed E-state index contributed by atoms with van der Waals surface area (Å²) in [6.07, 6.45) is 0. The van der Waals surface area contributed by atoms with Gasteiger partial charge < -0.3 is 5.32 Å². The highest BCUT2D eigenvalue weighted by Gasteiger charge is 2.22. The summed E-state index contributed by atoms with van der Waals surface area (Å²) in [5.41, 5.74) is 1.77. The van der Waals surface area contributed by atoms with E-state index in [-0.39, 0.29) is 0 Å². The first-order valence-electron chi connectivity index (χ1n) is 6.04. The molecule has 0 spiro atoms. The first-order chi connectivity index (χ1) is 7.21. The van der Waals surface area contributed by atoms with Crippen LogP contribution < -0.4 is 5.32 Å². The van der Waals surface area contributed by atoms with E-state index >= 15 is 0 Å². The van der Waals surface area contributed by atoms with Crippen LogP contribution in [0.15, 0.2) is 6.07 Å². The van der Waals surface area contributed by atoms with E-state index in [0.717, 1.165) is 0 Å². The van der Waals surface area contributed by atoms with E-state index < -0.39 is 0 Å². The molecule has 0 aliphatic rings. The van der Waals surface area contributed by atoms with Gasteiger partial charge in [0, 0.05) is 21.8 Å². The zero-order valence-electron chi connectivity index (χ0n) is 11.6. The third-order valence-electron chi connectivity index (χ3n) is 3.34. The van der Waals surface area contributed by atoms with Gasteiger partial charge in [-0.15, -0.1) is 11.3 Å². The lowest BCUT2D eigenvalue weighted by atomic mass is 9.87. The van der Waals surface area contributed by atoms with Gasteiger partial charge in [-0.2, -0.15) is 0 Å². The Balaban J connectivity index is 2.73. The van der Waals surface area contributed by atoms with Crippen molar-refractivity contribution in [3.8, 4) is 0 Å². The lowest BCUT2D eigenvalue weighted by Gasteiger charge is -2.31. The molecule has 2 unspecified atom stereocenters. The van der Waals surface area contributed by atoms with Gasteiger partial charge in [-0.25, -0.2) is 0 Å². The normalized spacial score (nSPS) is 16.2. The van der Waals surface area contributed by atoms with Crippen molar-refractivity contribution in [3.63, 3.8) is 0 Å². The summed E-state index contributed by atoms with van der Waals surface area (Å²) in [6, 6.07) is 3.27. The van der Waals surface area contributed by atoms with Crippen LogP contribution in [0.25, 0.3) is 0 Å². The third kappa shape index (κ3) is 3.33. The maximum atomic E-state index is 3.70. The van der Waals surface area contributed by atoms with Crippen LogP contribution in [0.3, 0.4) is 0 Å². The van der Waals surface area contributed by atoms with Crippen molar-refractivity contribution in [1.29, 1.82) is 0 Å². The molecule has 0 aliphatic heterocycles. The summed E-state index contributed by atoms with van der Waals surface area (Å²) >= 11 is 1.89. The van der Waals surface area contributed by atoms with Crippen molar-refractivity contribution in [3.05, 3.63) is 21.4 Å². The predicted octanol–water partition coefficient (Wildman–Crippen LogP) is 4.45. The van der Waals surface area contributed by atoms with Gasteiger partial charge in [0.2, 0.25) is 0 Å². The lowest BCUT2D eigenvalue weighted by Crippen LogP contribution is -2.39. The Morgan fingerprint density at radius 3 is 2.12 bits per heavy atom. The van der Waals surface area contributed by atoms with Crippen LogP contribution in [0.5, 0.6) is 0 Å². The fourth-order valence-corrected chi connectivity index (χ4v) is 2.82. The van der Waals surface area contributed by atoms with Gasteiger partial charge in [0.25, 0.3) is 0 Å². The van der Waals surface area contributed by atoms with Crippen molar-refractivity contribution in [2.45, 2.75) is 60.5 Å². The number of hydrogen-bond donors (Lipinski definition) is 1. The zero-order chi connectivity index (χ0) is 12.5. The third-order valence-corrected chi connectivity index (χ3v) is 4.33. The molecule has 0 aliphatic carbocycles. The molecule has 92 valence electrons. The largest absolute Gasteiger partial charge is 0.307 e. The van der Waals surface area contributed by atoms with E-state index in [2.05, 4.69) is 59.8 Å². The molecule has 2 atom stereocenters. The molecule has 0 fully saturated rings. The summed E-state index contributed by atoms with van der Waals surface area (Å²) in [6.45, 7) is 15.8. The van der Waals surface area contributed by atoms with Crippen LogP contribution in [-0.2, 0) is 0 Å². The summed E-state index contributed by atoms with van der Waals surface area (Å²) in [4.78, 5) is 2.85. The monoisotopic (exact) mass is 239 g/mol. The van der Waals surface area contributed by atoms with Crippen molar-refractivity contribution in [2.24, 2.45) is 5.41 Å². The molecule has 0 bridgehead atoms. The fraction of sp³-hybridized carbons (Fsp3) is 0.714. The minimum atomic E-state index is 0.313. The SMILES string of the molecule is Cc1cc(C(C)NC(C)C(C)(C)C)c(C)s1. The van der Waals surface area contributed by atoms with Crippen LogP contribution in [-0.4, -0.2) is 6.04 Å². The Labute approximate surface area is 104 Å². The second-order valence-corrected chi connectivity index (χ2v) is 7.31.